The van der Waals surface area contributed by atoms with E-state index in [1.807, 2.05) is 85.4 Å². The first-order valence-electron chi connectivity index (χ1n) is 8.29. The Hall–Kier alpha value is -3.01. The van der Waals surface area contributed by atoms with Gasteiger partial charge in [-0.15, -0.1) is 0 Å². The number of ether oxygens (including phenoxy) is 1. The number of hydrogen-bond acceptors (Lipinski definition) is 3. The highest BCUT2D eigenvalue weighted by atomic mass is 16.5. The van der Waals surface area contributed by atoms with Crippen molar-refractivity contribution in [1.29, 1.82) is 0 Å². The van der Waals surface area contributed by atoms with E-state index in [1.54, 1.807) is 6.92 Å². The monoisotopic (exact) mass is 334 g/mol. The predicted octanol–water partition coefficient (Wildman–Crippen LogP) is 4.41. The molecule has 1 atom stereocenters. The highest BCUT2D eigenvalue weighted by Gasteiger charge is 2.17. The van der Waals surface area contributed by atoms with Crippen LogP contribution in [0.4, 0.5) is 5.69 Å². The molecule has 0 unspecified atom stereocenters. The Morgan fingerprint density at radius 3 is 2.44 bits per heavy atom. The van der Waals surface area contributed by atoms with Gasteiger partial charge >= 0.3 is 5.97 Å². The van der Waals surface area contributed by atoms with Crippen LogP contribution in [0.1, 0.15) is 12.5 Å². The van der Waals surface area contributed by atoms with Gasteiger partial charge in [-0.25, -0.2) is 4.79 Å². The van der Waals surface area contributed by atoms with Gasteiger partial charge in [-0.05, 0) is 31.5 Å². The number of carbonyl (C=O) groups is 1. The topological polar surface area (TPSA) is 43.3 Å². The maximum atomic E-state index is 12.3. The van der Waals surface area contributed by atoms with Crippen LogP contribution in [0, 0.1) is 6.92 Å². The summed E-state index contributed by atoms with van der Waals surface area (Å²) in [6, 6.07) is 19.4. The molecule has 4 nitrogen and oxygen atoms in total. The van der Waals surface area contributed by atoms with E-state index in [0.29, 0.717) is 5.75 Å². The summed E-state index contributed by atoms with van der Waals surface area (Å²) in [4.78, 5) is 12.3. The number of esters is 1. The lowest BCUT2D eigenvalue weighted by Crippen LogP contribution is -2.30. The largest absolute Gasteiger partial charge is 0.423 e. The fraction of sp³-hybridized carbons (Fsp3) is 0.190. The first-order valence-corrected chi connectivity index (χ1v) is 8.29. The standard InChI is InChI=1S/C21H22N2O2/c1-15-9-11-18(12-10-15)22-16(2)21(24)25-19-13-20(23(3)14-19)17-7-5-4-6-8-17/h4-14,16,22H,1-3H3/t16-/m0/s1. The van der Waals surface area contributed by atoms with Crippen LogP contribution in [0.3, 0.4) is 0 Å². The summed E-state index contributed by atoms with van der Waals surface area (Å²) in [7, 11) is 1.94. The van der Waals surface area contributed by atoms with E-state index in [-0.39, 0.29) is 5.97 Å². The second-order valence-electron chi connectivity index (χ2n) is 6.19. The minimum Gasteiger partial charge on any atom is -0.423 e. The average molecular weight is 334 g/mol. The maximum absolute atomic E-state index is 12.3. The van der Waals surface area contributed by atoms with Crippen LogP contribution in [0.5, 0.6) is 5.75 Å². The van der Waals surface area contributed by atoms with Gasteiger partial charge in [-0.1, -0.05) is 48.0 Å². The van der Waals surface area contributed by atoms with Gasteiger partial charge in [0.2, 0.25) is 0 Å². The number of hydrogen-bond donors (Lipinski definition) is 1. The van der Waals surface area contributed by atoms with Crippen molar-refractivity contribution in [2.75, 3.05) is 5.32 Å². The van der Waals surface area contributed by atoms with Gasteiger partial charge in [0, 0.05) is 25.0 Å². The molecule has 0 radical (unpaired) electrons. The van der Waals surface area contributed by atoms with E-state index < -0.39 is 6.04 Å². The molecule has 0 aliphatic rings. The zero-order chi connectivity index (χ0) is 17.8. The van der Waals surface area contributed by atoms with Gasteiger partial charge in [-0.2, -0.15) is 0 Å². The summed E-state index contributed by atoms with van der Waals surface area (Å²) in [6.07, 6.45) is 1.82. The van der Waals surface area contributed by atoms with Crippen LogP contribution in [0.2, 0.25) is 0 Å². The molecular formula is C21H22N2O2. The quantitative estimate of drug-likeness (QED) is 0.703. The van der Waals surface area contributed by atoms with Crippen LogP contribution in [0.15, 0.2) is 66.9 Å². The normalized spacial score (nSPS) is 11.8. The van der Waals surface area contributed by atoms with Crippen molar-refractivity contribution in [3.8, 4) is 17.0 Å². The molecule has 0 aliphatic carbocycles. The van der Waals surface area contributed by atoms with Gasteiger partial charge in [-0.3, -0.25) is 0 Å². The molecular weight excluding hydrogens is 312 g/mol. The molecule has 0 fully saturated rings. The molecule has 4 heteroatoms. The molecule has 0 spiro atoms. The van der Waals surface area contributed by atoms with Crippen molar-refractivity contribution in [2.24, 2.45) is 7.05 Å². The molecule has 0 saturated heterocycles. The third-order valence-corrected chi connectivity index (χ3v) is 4.06. The summed E-state index contributed by atoms with van der Waals surface area (Å²) < 4.78 is 7.49. The fourth-order valence-corrected chi connectivity index (χ4v) is 2.65. The Kier molecular flexibility index (Phi) is 4.89. The number of nitrogens with one attached hydrogen (secondary N) is 1. The Morgan fingerprint density at radius 2 is 1.76 bits per heavy atom. The molecule has 0 bridgehead atoms. The Balaban J connectivity index is 1.67. The number of nitrogens with zero attached hydrogens (tertiary/aromatic N) is 1. The molecule has 3 aromatic rings. The lowest BCUT2D eigenvalue weighted by molar-refractivity contribution is -0.134. The molecule has 2 aromatic carbocycles. The molecule has 1 N–H and O–H groups in total. The van der Waals surface area contributed by atoms with Crippen LogP contribution < -0.4 is 10.1 Å². The molecule has 0 aliphatic heterocycles. The zero-order valence-corrected chi connectivity index (χ0v) is 14.7. The van der Waals surface area contributed by atoms with Gasteiger partial charge in [0.25, 0.3) is 0 Å². The SMILES string of the molecule is Cc1ccc(N[C@@H](C)C(=O)Oc2cc(-c3ccccc3)n(C)c2)cc1. The number of aryl methyl sites for hydroxylation is 2. The van der Waals surface area contributed by atoms with Gasteiger partial charge in [0.1, 0.15) is 11.8 Å². The smallest absolute Gasteiger partial charge is 0.333 e. The Bertz CT molecular complexity index is 851. The maximum Gasteiger partial charge on any atom is 0.333 e. The molecule has 1 heterocycles. The summed E-state index contributed by atoms with van der Waals surface area (Å²) in [5, 5.41) is 3.16. The second kappa shape index (κ2) is 7.26. The number of benzene rings is 2. The lowest BCUT2D eigenvalue weighted by Gasteiger charge is -2.13. The van der Waals surface area contributed by atoms with Gasteiger partial charge in [0.15, 0.2) is 0 Å². The Labute approximate surface area is 148 Å². The predicted molar refractivity (Wildman–Crippen MR) is 101 cm³/mol. The molecule has 3 rings (SSSR count). The first kappa shape index (κ1) is 16.8. The minimum atomic E-state index is -0.442. The number of rotatable bonds is 5. The van der Waals surface area contributed by atoms with E-state index in [1.165, 1.54) is 5.56 Å². The first-order chi connectivity index (χ1) is 12.0. The molecule has 1 aromatic heterocycles. The second-order valence-corrected chi connectivity index (χ2v) is 6.19. The molecule has 0 saturated carbocycles. The fourth-order valence-electron chi connectivity index (χ4n) is 2.65. The number of aromatic nitrogens is 1. The highest BCUT2D eigenvalue weighted by molar-refractivity contribution is 5.81. The van der Waals surface area contributed by atoms with Crippen LogP contribution in [-0.2, 0) is 11.8 Å². The summed E-state index contributed by atoms with van der Waals surface area (Å²) in [5.74, 6) is 0.231. The van der Waals surface area contributed by atoms with Crippen LogP contribution >= 0.6 is 0 Å². The van der Waals surface area contributed by atoms with Crippen molar-refractivity contribution in [1.82, 2.24) is 4.57 Å². The summed E-state index contributed by atoms with van der Waals surface area (Å²) in [5.41, 5.74) is 4.16. The van der Waals surface area contributed by atoms with Crippen LogP contribution in [-0.4, -0.2) is 16.6 Å². The third kappa shape index (κ3) is 4.10. The zero-order valence-electron chi connectivity index (χ0n) is 14.7. The van der Waals surface area contributed by atoms with Crippen molar-refractivity contribution in [3.63, 3.8) is 0 Å². The van der Waals surface area contributed by atoms with E-state index in [2.05, 4.69) is 5.32 Å². The van der Waals surface area contributed by atoms with Gasteiger partial charge < -0.3 is 14.6 Å². The van der Waals surface area contributed by atoms with Crippen molar-refractivity contribution in [2.45, 2.75) is 19.9 Å². The average Bonchev–Trinajstić information content (AvgIpc) is 2.98. The summed E-state index contributed by atoms with van der Waals surface area (Å²) in [6.45, 7) is 3.82. The number of anilines is 1. The van der Waals surface area contributed by atoms with E-state index in [4.69, 9.17) is 4.74 Å². The van der Waals surface area contributed by atoms with E-state index in [0.717, 1.165) is 16.9 Å². The lowest BCUT2D eigenvalue weighted by atomic mass is 10.1. The Morgan fingerprint density at radius 1 is 1.08 bits per heavy atom. The number of carbonyl (C=O) groups excluding carboxylic acids is 1. The molecule has 0 amide bonds. The van der Waals surface area contributed by atoms with Crippen molar-refractivity contribution >= 4 is 11.7 Å². The van der Waals surface area contributed by atoms with Gasteiger partial charge in [0.05, 0.1) is 5.69 Å². The molecule has 128 valence electrons. The van der Waals surface area contributed by atoms with E-state index >= 15 is 0 Å². The summed E-state index contributed by atoms with van der Waals surface area (Å²) >= 11 is 0. The minimum absolute atomic E-state index is 0.314. The molecule has 25 heavy (non-hydrogen) atoms. The van der Waals surface area contributed by atoms with Crippen LogP contribution in [0.25, 0.3) is 11.3 Å². The highest BCUT2D eigenvalue weighted by Crippen LogP contribution is 2.25. The third-order valence-electron chi connectivity index (χ3n) is 4.06. The van der Waals surface area contributed by atoms with Crippen molar-refractivity contribution < 1.29 is 9.53 Å². The van der Waals surface area contributed by atoms with Crippen molar-refractivity contribution in [3.05, 3.63) is 72.4 Å². The van der Waals surface area contributed by atoms with E-state index in [9.17, 15) is 4.79 Å².